The van der Waals surface area contributed by atoms with Crippen LogP contribution in [0, 0.1) is 0 Å². The number of amides is 2. The Kier molecular flexibility index (Phi) is 3.92. The van der Waals surface area contributed by atoms with E-state index in [1.54, 1.807) is 17.0 Å². The normalized spacial score (nSPS) is 14.4. The van der Waals surface area contributed by atoms with Gasteiger partial charge in [-0.1, -0.05) is 29.8 Å². The number of para-hydroxylation sites is 1. The second-order valence-electron chi connectivity index (χ2n) is 4.76. The molecule has 21 heavy (non-hydrogen) atoms. The fourth-order valence-electron chi connectivity index (χ4n) is 2.01. The summed E-state index contributed by atoms with van der Waals surface area (Å²) in [5, 5.41) is 3.40. The lowest BCUT2D eigenvalue weighted by molar-refractivity contribution is 0.0461. The van der Waals surface area contributed by atoms with E-state index in [-0.39, 0.29) is 12.1 Å². The summed E-state index contributed by atoms with van der Waals surface area (Å²) in [6.07, 6.45) is 1.51. The summed E-state index contributed by atoms with van der Waals surface area (Å²) in [6.45, 7) is 1.09. The molecule has 1 aromatic carbocycles. The second kappa shape index (κ2) is 6.01. The fraction of sp³-hybridized carbons (Fsp3) is 0.200. The number of halogens is 1. The van der Waals surface area contributed by atoms with E-state index in [9.17, 15) is 4.79 Å². The molecule has 5 nitrogen and oxygen atoms in total. The van der Waals surface area contributed by atoms with Gasteiger partial charge >= 0.3 is 6.03 Å². The minimum atomic E-state index is -0.120. The Bertz CT molecular complexity index is 613. The number of hydrogen-bond acceptors (Lipinski definition) is 3. The molecule has 1 aromatic heterocycles. The number of aromatic nitrogens is 1. The summed E-state index contributed by atoms with van der Waals surface area (Å²) in [5.74, 6) is 0.521. The molecule has 0 saturated carbocycles. The molecule has 1 aliphatic rings. The van der Waals surface area contributed by atoms with Crippen LogP contribution in [0.2, 0.25) is 5.02 Å². The molecule has 108 valence electrons. The van der Waals surface area contributed by atoms with Gasteiger partial charge in [-0.05, 0) is 18.2 Å². The molecule has 0 unspecified atom stereocenters. The zero-order valence-electron chi connectivity index (χ0n) is 11.2. The van der Waals surface area contributed by atoms with Crippen molar-refractivity contribution in [1.29, 1.82) is 0 Å². The van der Waals surface area contributed by atoms with Gasteiger partial charge in [0.1, 0.15) is 6.10 Å². The molecule has 6 heteroatoms. The molecule has 3 rings (SSSR count). The van der Waals surface area contributed by atoms with Crippen molar-refractivity contribution >= 4 is 23.3 Å². The lowest BCUT2D eigenvalue weighted by Gasteiger charge is -2.38. The summed E-state index contributed by atoms with van der Waals surface area (Å²) >= 11 is 5.76. The molecule has 0 atom stereocenters. The van der Waals surface area contributed by atoms with Crippen molar-refractivity contribution in [2.24, 2.45) is 0 Å². The minimum Gasteiger partial charge on any atom is -0.471 e. The van der Waals surface area contributed by atoms with Crippen LogP contribution in [0.25, 0.3) is 0 Å². The maximum atomic E-state index is 12.0. The van der Waals surface area contributed by atoms with Crippen LogP contribution < -0.4 is 10.1 Å². The highest BCUT2D eigenvalue weighted by Crippen LogP contribution is 2.18. The third-order valence-corrected chi connectivity index (χ3v) is 3.37. The molecule has 2 aromatic rings. The number of urea groups is 1. The first-order valence-corrected chi connectivity index (χ1v) is 6.98. The zero-order valence-corrected chi connectivity index (χ0v) is 12.0. The van der Waals surface area contributed by atoms with Crippen LogP contribution in [-0.4, -0.2) is 35.1 Å². The number of benzene rings is 1. The van der Waals surface area contributed by atoms with Gasteiger partial charge in [0, 0.05) is 18.0 Å². The van der Waals surface area contributed by atoms with Crippen molar-refractivity contribution in [2.45, 2.75) is 6.10 Å². The summed E-state index contributed by atoms with van der Waals surface area (Å²) in [6, 6.07) is 12.7. The van der Waals surface area contributed by atoms with Crippen LogP contribution in [0.4, 0.5) is 10.5 Å². The molecule has 2 heterocycles. The van der Waals surface area contributed by atoms with E-state index in [0.717, 1.165) is 5.69 Å². The first-order valence-electron chi connectivity index (χ1n) is 6.60. The lowest BCUT2D eigenvalue weighted by Crippen LogP contribution is -2.57. The topological polar surface area (TPSA) is 54.5 Å². The molecule has 0 spiro atoms. The van der Waals surface area contributed by atoms with Crippen molar-refractivity contribution in [3.8, 4) is 5.88 Å². The SMILES string of the molecule is O=C(Nc1ccccc1)N1CC(Oc2ccc(Cl)cn2)C1. The lowest BCUT2D eigenvalue weighted by atomic mass is 10.2. The highest BCUT2D eigenvalue weighted by molar-refractivity contribution is 6.30. The fourth-order valence-corrected chi connectivity index (χ4v) is 2.12. The zero-order chi connectivity index (χ0) is 14.7. The van der Waals surface area contributed by atoms with Gasteiger partial charge in [0.15, 0.2) is 0 Å². The summed E-state index contributed by atoms with van der Waals surface area (Å²) in [4.78, 5) is 17.7. The van der Waals surface area contributed by atoms with Crippen molar-refractivity contribution in [3.05, 3.63) is 53.7 Å². The Labute approximate surface area is 127 Å². The second-order valence-corrected chi connectivity index (χ2v) is 5.19. The molecule has 2 amide bonds. The monoisotopic (exact) mass is 303 g/mol. The van der Waals surface area contributed by atoms with Crippen LogP contribution in [0.5, 0.6) is 5.88 Å². The van der Waals surface area contributed by atoms with E-state index in [2.05, 4.69) is 10.3 Å². The van der Waals surface area contributed by atoms with Crippen molar-refractivity contribution in [1.82, 2.24) is 9.88 Å². The average molecular weight is 304 g/mol. The molecule has 1 N–H and O–H groups in total. The van der Waals surface area contributed by atoms with E-state index < -0.39 is 0 Å². The van der Waals surface area contributed by atoms with Crippen LogP contribution in [0.1, 0.15) is 0 Å². The Morgan fingerprint density at radius 3 is 2.67 bits per heavy atom. The van der Waals surface area contributed by atoms with Crippen molar-refractivity contribution < 1.29 is 9.53 Å². The minimum absolute atomic E-state index is 0.0276. The standard InChI is InChI=1S/C15H14ClN3O2/c16-11-6-7-14(17-8-11)21-13-9-19(10-13)15(20)18-12-4-2-1-3-5-12/h1-8,13H,9-10H2,(H,18,20). The molecular weight excluding hydrogens is 290 g/mol. The number of nitrogens with zero attached hydrogens (tertiary/aromatic N) is 2. The van der Waals surface area contributed by atoms with Gasteiger partial charge in [0.25, 0.3) is 0 Å². The number of ether oxygens (including phenoxy) is 1. The predicted molar refractivity (Wildman–Crippen MR) is 80.7 cm³/mol. The molecular formula is C15H14ClN3O2. The Balaban J connectivity index is 1.47. The average Bonchev–Trinajstić information content (AvgIpc) is 2.45. The first kappa shape index (κ1) is 13.7. The van der Waals surface area contributed by atoms with Gasteiger partial charge < -0.3 is 15.0 Å². The van der Waals surface area contributed by atoms with Gasteiger partial charge in [-0.25, -0.2) is 9.78 Å². The molecule has 0 radical (unpaired) electrons. The summed E-state index contributed by atoms with van der Waals surface area (Å²) in [5.41, 5.74) is 0.784. The van der Waals surface area contributed by atoms with E-state index in [1.165, 1.54) is 6.20 Å². The van der Waals surface area contributed by atoms with Gasteiger partial charge in [-0.2, -0.15) is 0 Å². The maximum Gasteiger partial charge on any atom is 0.322 e. The van der Waals surface area contributed by atoms with Crippen LogP contribution in [-0.2, 0) is 0 Å². The van der Waals surface area contributed by atoms with E-state index in [0.29, 0.717) is 24.0 Å². The molecule has 0 bridgehead atoms. The number of nitrogens with one attached hydrogen (secondary N) is 1. The van der Waals surface area contributed by atoms with Gasteiger partial charge in [-0.3, -0.25) is 0 Å². The third kappa shape index (κ3) is 3.44. The first-order chi connectivity index (χ1) is 10.2. The Morgan fingerprint density at radius 1 is 1.24 bits per heavy atom. The number of anilines is 1. The molecule has 1 fully saturated rings. The Morgan fingerprint density at radius 2 is 2.00 bits per heavy atom. The quantitative estimate of drug-likeness (QED) is 0.948. The molecule has 1 saturated heterocycles. The smallest absolute Gasteiger partial charge is 0.322 e. The van der Waals surface area contributed by atoms with Gasteiger partial charge in [-0.15, -0.1) is 0 Å². The maximum absolute atomic E-state index is 12.0. The molecule has 0 aliphatic carbocycles. The van der Waals surface area contributed by atoms with Crippen LogP contribution in [0.15, 0.2) is 48.7 Å². The highest BCUT2D eigenvalue weighted by Gasteiger charge is 2.32. The number of carbonyl (C=O) groups excluding carboxylic acids is 1. The van der Waals surface area contributed by atoms with Crippen LogP contribution >= 0.6 is 11.6 Å². The Hall–Kier alpha value is -2.27. The summed E-state index contributed by atoms with van der Waals surface area (Å²) < 4.78 is 5.64. The highest BCUT2D eigenvalue weighted by atomic mass is 35.5. The van der Waals surface area contributed by atoms with Crippen molar-refractivity contribution in [3.63, 3.8) is 0 Å². The van der Waals surface area contributed by atoms with Crippen molar-refractivity contribution in [2.75, 3.05) is 18.4 Å². The van der Waals surface area contributed by atoms with Crippen LogP contribution in [0.3, 0.4) is 0 Å². The van der Waals surface area contributed by atoms with Gasteiger partial charge in [0.2, 0.25) is 5.88 Å². The van der Waals surface area contributed by atoms with E-state index in [1.807, 2.05) is 30.3 Å². The predicted octanol–water partition coefficient (Wildman–Crippen LogP) is 3.03. The number of pyridine rings is 1. The number of hydrogen-bond donors (Lipinski definition) is 1. The number of likely N-dealkylation sites (tertiary alicyclic amines) is 1. The van der Waals surface area contributed by atoms with E-state index in [4.69, 9.17) is 16.3 Å². The number of rotatable bonds is 3. The number of carbonyl (C=O) groups is 1. The third-order valence-electron chi connectivity index (χ3n) is 3.15. The molecule has 1 aliphatic heterocycles. The summed E-state index contributed by atoms with van der Waals surface area (Å²) in [7, 11) is 0. The van der Waals surface area contributed by atoms with Gasteiger partial charge in [0.05, 0.1) is 18.1 Å². The largest absolute Gasteiger partial charge is 0.471 e. The van der Waals surface area contributed by atoms with E-state index >= 15 is 0 Å².